The van der Waals surface area contributed by atoms with E-state index in [1.54, 1.807) is 0 Å². The van der Waals surface area contributed by atoms with Crippen molar-refractivity contribution in [2.75, 3.05) is 20.1 Å². The Morgan fingerprint density at radius 1 is 1.25 bits per heavy atom. The van der Waals surface area contributed by atoms with Crippen LogP contribution in [0.2, 0.25) is 0 Å². The highest BCUT2D eigenvalue weighted by molar-refractivity contribution is 4.86. The van der Waals surface area contributed by atoms with Crippen LogP contribution in [0, 0.1) is 11.8 Å². The molecule has 0 aromatic carbocycles. The van der Waals surface area contributed by atoms with Crippen LogP contribution in [0.3, 0.4) is 0 Å². The lowest BCUT2D eigenvalue weighted by molar-refractivity contribution is 0.161. The van der Waals surface area contributed by atoms with E-state index in [9.17, 15) is 0 Å². The first-order valence-electron chi connectivity index (χ1n) is 6.98. The van der Waals surface area contributed by atoms with Gasteiger partial charge in [0.25, 0.3) is 0 Å². The van der Waals surface area contributed by atoms with Crippen molar-refractivity contribution in [2.24, 2.45) is 11.8 Å². The first-order valence-corrected chi connectivity index (χ1v) is 6.98. The topological polar surface area (TPSA) is 15.3 Å². The molecular formula is C14H30N2. The first-order chi connectivity index (χ1) is 7.54. The fourth-order valence-electron chi connectivity index (χ4n) is 2.35. The van der Waals surface area contributed by atoms with E-state index < -0.39 is 0 Å². The van der Waals surface area contributed by atoms with Crippen molar-refractivity contribution in [3.63, 3.8) is 0 Å². The second-order valence-corrected chi connectivity index (χ2v) is 5.86. The van der Waals surface area contributed by atoms with E-state index in [2.05, 4.69) is 45.0 Å². The van der Waals surface area contributed by atoms with Crippen molar-refractivity contribution in [2.45, 2.75) is 59.0 Å². The van der Waals surface area contributed by atoms with Crippen LogP contribution in [-0.4, -0.2) is 37.1 Å². The molecule has 0 aromatic heterocycles. The van der Waals surface area contributed by atoms with Crippen molar-refractivity contribution in [1.82, 2.24) is 10.2 Å². The Morgan fingerprint density at radius 3 is 2.38 bits per heavy atom. The average molecular weight is 226 g/mol. The van der Waals surface area contributed by atoms with E-state index in [0.29, 0.717) is 6.04 Å². The van der Waals surface area contributed by atoms with Crippen molar-refractivity contribution in [1.29, 1.82) is 0 Å². The number of rotatable bonds is 7. The maximum Gasteiger partial charge on any atom is 0.0107 e. The van der Waals surface area contributed by atoms with Crippen molar-refractivity contribution in [3.8, 4) is 0 Å². The zero-order valence-electron chi connectivity index (χ0n) is 11.8. The molecular weight excluding hydrogens is 196 g/mol. The molecule has 1 atom stereocenters. The van der Waals surface area contributed by atoms with Gasteiger partial charge < -0.3 is 10.2 Å². The minimum atomic E-state index is 0.714. The molecule has 0 saturated heterocycles. The van der Waals surface area contributed by atoms with Crippen LogP contribution in [0.25, 0.3) is 0 Å². The molecule has 0 radical (unpaired) electrons. The molecule has 1 aliphatic rings. The Bertz CT molecular complexity index is 185. The molecule has 0 heterocycles. The molecule has 1 unspecified atom stereocenters. The van der Waals surface area contributed by atoms with Crippen LogP contribution >= 0.6 is 0 Å². The maximum absolute atomic E-state index is 3.67. The smallest absolute Gasteiger partial charge is 0.0107 e. The highest BCUT2D eigenvalue weighted by atomic mass is 15.1. The molecule has 0 spiro atoms. The van der Waals surface area contributed by atoms with Gasteiger partial charge in [-0.15, -0.1) is 0 Å². The Morgan fingerprint density at radius 2 is 1.88 bits per heavy atom. The summed E-state index contributed by atoms with van der Waals surface area (Å²) in [4.78, 5) is 2.45. The van der Waals surface area contributed by atoms with Crippen LogP contribution in [0.15, 0.2) is 0 Å². The summed E-state index contributed by atoms with van der Waals surface area (Å²) in [6.07, 6.45) is 4.03. The average Bonchev–Trinajstić information content (AvgIpc) is 2.19. The summed E-state index contributed by atoms with van der Waals surface area (Å²) >= 11 is 0. The zero-order valence-corrected chi connectivity index (χ0v) is 11.8. The fraction of sp³-hybridized carbons (Fsp3) is 1.00. The molecule has 0 bridgehead atoms. The normalized spacial score (nSPS) is 27.2. The second-order valence-electron chi connectivity index (χ2n) is 5.86. The van der Waals surface area contributed by atoms with E-state index in [0.717, 1.165) is 24.4 Å². The van der Waals surface area contributed by atoms with Gasteiger partial charge in [-0.25, -0.2) is 0 Å². The third-order valence-corrected chi connectivity index (χ3v) is 4.36. The molecule has 16 heavy (non-hydrogen) atoms. The minimum Gasteiger partial charge on any atom is -0.313 e. The predicted octanol–water partition coefficient (Wildman–Crippen LogP) is 2.74. The molecule has 0 aliphatic heterocycles. The Kier molecular flexibility index (Phi) is 5.77. The van der Waals surface area contributed by atoms with E-state index in [1.165, 1.54) is 25.8 Å². The standard InChI is InChI=1S/C14H30N2/c1-6-12(4)16(5)8-7-15-14-9-13(10-14)11(2)3/h11-15H,6-10H2,1-5H3. The van der Waals surface area contributed by atoms with Gasteiger partial charge in [0.1, 0.15) is 0 Å². The predicted molar refractivity (Wildman–Crippen MR) is 71.7 cm³/mol. The molecule has 2 nitrogen and oxygen atoms in total. The van der Waals surface area contributed by atoms with Gasteiger partial charge >= 0.3 is 0 Å². The van der Waals surface area contributed by atoms with Crippen LogP contribution in [0.4, 0.5) is 0 Å². The quantitative estimate of drug-likeness (QED) is 0.718. The summed E-state index contributed by atoms with van der Waals surface area (Å²) in [7, 11) is 2.23. The van der Waals surface area contributed by atoms with Gasteiger partial charge in [-0.3, -0.25) is 0 Å². The molecule has 0 aromatic rings. The monoisotopic (exact) mass is 226 g/mol. The lowest BCUT2D eigenvalue weighted by Gasteiger charge is -2.39. The Labute approximate surface area is 102 Å². The van der Waals surface area contributed by atoms with Crippen LogP contribution in [0.1, 0.15) is 47.0 Å². The van der Waals surface area contributed by atoms with Crippen LogP contribution in [-0.2, 0) is 0 Å². The van der Waals surface area contributed by atoms with Gasteiger partial charge in [-0.1, -0.05) is 20.8 Å². The van der Waals surface area contributed by atoms with Crippen molar-refractivity contribution in [3.05, 3.63) is 0 Å². The van der Waals surface area contributed by atoms with E-state index in [1.807, 2.05) is 0 Å². The highest BCUT2D eigenvalue weighted by Crippen LogP contribution is 2.33. The highest BCUT2D eigenvalue weighted by Gasteiger charge is 2.30. The van der Waals surface area contributed by atoms with Gasteiger partial charge in [0.05, 0.1) is 0 Å². The van der Waals surface area contributed by atoms with E-state index >= 15 is 0 Å². The number of hydrogen-bond acceptors (Lipinski definition) is 2. The largest absolute Gasteiger partial charge is 0.313 e. The first kappa shape index (κ1) is 14.0. The molecule has 2 heteroatoms. The Hall–Kier alpha value is -0.0800. The molecule has 1 saturated carbocycles. The zero-order chi connectivity index (χ0) is 12.1. The summed E-state index contributed by atoms with van der Waals surface area (Å²) in [5, 5.41) is 3.67. The third-order valence-electron chi connectivity index (χ3n) is 4.36. The fourth-order valence-corrected chi connectivity index (χ4v) is 2.35. The molecule has 1 aliphatic carbocycles. The molecule has 1 fully saturated rings. The lowest BCUT2D eigenvalue weighted by Crippen LogP contribution is -2.46. The third kappa shape index (κ3) is 4.06. The van der Waals surface area contributed by atoms with E-state index in [-0.39, 0.29) is 0 Å². The summed E-state index contributed by atoms with van der Waals surface area (Å²) in [5.41, 5.74) is 0. The lowest BCUT2D eigenvalue weighted by atomic mass is 9.74. The van der Waals surface area contributed by atoms with Crippen LogP contribution < -0.4 is 5.32 Å². The SMILES string of the molecule is CCC(C)N(C)CCNC1CC(C(C)C)C1. The summed E-state index contributed by atoms with van der Waals surface area (Å²) in [6.45, 7) is 11.6. The van der Waals surface area contributed by atoms with Gasteiger partial charge in [0.2, 0.25) is 0 Å². The summed E-state index contributed by atoms with van der Waals surface area (Å²) in [5.74, 6) is 1.85. The number of likely N-dealkylation sites (N-methyl/N-ethyl adjacent to an activating group) is 1. The summed E-state index contributed by atoms with van der Waals surface area (Å²) < 4.78 is 0. The van der Waals surface area contributed by atoms with E-state index in [4.69, 9.17) is 0 Å². The Balaban J connectivity index is 2.01. The number of nitrogens with zero attached hydrogens (tertiary/aromatic N) is 1. The number of nitrogens with one attached hydrogen (secondary N) is 1. The molecule has 96 valence electrons. The van der Waals surface area contributed by atoms with Gasteiger partial charge in [0, 0.05) is 25.2 Å². The molecule has 0 amide bonds. The van der Waals surface area contributed by atoms with Gasteiger partial charge in [-0.05, 0) is 45.1 Å². The minimum absolute atomic E-state index is 0.714. The van der Waals surface area contributed by atoms with Crippen molar-refractivity contribution >= 4 is 0 Å². The van der Waals surface area contributed by atoms with Gasteiger partial charge in [0.15, 0.2) is 0 Å². The summed E-state index contributed by atoms with van der Waals surface area (Å²) in [6, 6.07) is 1.52. The number of hydrogen-bond donors (Lipinski definition) is 1. The van der Waals surface area contributed by atoms with Gasteiger partial charge in [-0.2, -0.15) is 0 Å². The molecule has 1 rings (SSSR count). The van der Waals surface area contributed by atoms with Crippen LogP contribution in [0.5, 0.6) is 0 Å². The van der Waals surface area contributed by atoms with Crippen molar-refractivity contribution < 1.29 is 0 Å². The second kappa shape index (κ2) is 6.61. The molecule has 1 N–H and O–H groups in total. The maximum atomic E-state index is 3.67.